The first-order valence-electron chi connectivity index (χ1n) is 9.51. The van der Waals surface area contributed by atoms with E-state index >= 15 is 0 Å². The standard InChI is InChI=1S/C21H27ClN4O3/c1-14-5-6-17(11-18(14)22)25-19(27)15(12-23)13-24-16-7-9-26(10-8-16)20(28)29-21(2,3)4/h5-6,11,13,16,24H,7-10H2,1-4H3,(H,25,27)/b15-13-. The van der Waals surface area contributed by atoms with E-state index in [2.05, 4.69) is 10.6 Å². The van der Waals surface area contributed by atoms with Gasteiger partial charge < -0.3 is 20.3 Å². The molecule has 2 rings (SSSR count). The van der Waals surface area contributed by atoms with Crippen molar-refractivity contribution in [3.8, 4) is 6.07 Å². The summed E-state index contributed by atoms with van der Waals surface area (Å²) >= 11 is 6.06. The van der Waals surface area contributed by atoms with E-state index in [1.54, 1.807) is 23.1 Å². The lowest BCUT2D eigenvalue weighted by Gasteiger charge is -2.33. The number of nitriles is 1. The fourth-order valence-electron chi connectivity index (χ4n) is 2.77. The maximum absolute atomic E-state index is 12.3. The minimum atomic E-state index is -0.522. The van der Waals surface area contributed by atoms with E-state index in [0.29, 0.717) is 36.6 Å². The zero-order chi connectivity index (χ0) is 21.6. The fourth-order valence-corrected chi connectivity index (χ4v) is 2.95. The Morgan fingerprint density at radius 1 is 1.31 bits per heavy atom. The average Bonchev–Trinajstić information content (AvgIpc) is 2.64. The molecule has 0 aliphatic carbocycles. The van der Waals surface area contributed by atoms with E-state index in [9.17, 15) is 14.9 Å². The summed E-state index contributed by atoms with van der Waals surface area (Å²) in [7, 11) is 0. The molecule has 7 nitrogen and oxygen atoms in total. The van der Waals surface area contributed by atoms with E-state index in [4.69, 9.17) is 16.3 Å². The highest BCUT2D eigenvalue weighted by Crippen LogP contribution is 2.20. The van der Waals surface area contributed by atoms with Gasteiger partial charge in [0.05, 0.1) is 0 Å². The summed E-state index contributed by atoms with van der Waals surface area (Å²) in [6.45, 7) is 8.48. The number of aryl methyl sites for hydroxylation is 1. The quantitative estimate of drug-likeness (QED) is 0.569. The highest BCUT2D eigenvalue weighted by Gasteiger charge is 2.26. The van der Waals surface area contributed by atoms with Gasteiger partial charge in [-0.25, -0.2) is 4.79 Å². The molecule has 0 bridgehead atoms. The molecule has 0 saturated carbocycles. The lowest BCUT2D eigenvalue weighted by molar-refractivity contribution is -0.112. The minimum Gasteiger partial charge on any atom is -0.444 e. The second-order valence-corrected chi connectivity index (χ2v) is 8.40. The molecule has 1 aromatic rings. The van der Waals surface area contributed by atoms with E-state index in [-0.39, 0.29) is 17.7 Å². The number of nitrogens with zero attached hydrogens (tertiary/aromatic N) is 2. The van der Waals surface area contributed by atoms with Crippen LogP contribution in [-0.4, -0.2) is 41.6 Å². The number of anilines is 1. The van der Waals surface area contributed by atoms with Crippen molar-refractivity contribution in [2.24, 2.45) is 0 Å². The molecule has 1 aromatic carbocycles. The van der Waals surface area contributed by atoms with Crippen LogP contribution in [0.15, 0.2) is 30.0 Å². The number of nitrogens with one attached hydrogen (secondary N) is 2. The number of amides is 2. The predicted molar refractivity (Wildman–Crippen MR) is 112 cm³/mol. The molecule has 1 saturated heterocycles. The highest BCUT2D eigenvalue weighted by molar-refractivity contribution is 6.31. The molecule has 8 heteroatoms. The minimum absolute atomic E-state index is 0.0312. The summed E-state index contributed by atoms with van der Waals surface area (Å²) in [4.78, 5) is 26.1. The first-order valence-corrected chi connectivity index (χ1v) is 9.88. The zero-order valence-corrected chi connectivity index (χ0v) is 18.0. The van der Waals surface area contributed by atoms with Gasteiger partial charge in [-0.2, -0.15) is 5.26 Å². The Balaban J connectivity index is 1.88. The number of halogens is 1. The van der Waals surface area contributed by atoms with Gasteiger partial charge in [-0.05, 0) is 58.2 Å². The van der Waals surface area contributed by atoms with Crippen molar-refractivity contribution in [3.05, 3.63) is 40.6 Å². The van der Waals surface area contributed by atoms with E-state index in [0.717, 1.165) is 5.56 Å². The molecular weight excluding hydrogens is 392 g/mol. The van der Waals surface area contributed by atoms with Gasteiger partial charge in [0.15, 0.2) is 0 Å². The largest absolute Gasteiger partial charge is 0.444 e. The summed E-state index contributed by atoms with van der Waals surface area (Å²) in [6, 6.07) is 7.15. The Hall–Kier alpha value is -2.72. The van der Waals surface area contributed by atoms with Gasteiger partial charge in [-0.3, -0.25) is 4.79 Å². The first-order chi connectivity index (χ1) is 13.6. The molecule has 0 spiro atoms. The second kappa shape index (κ2) is 9.66. The third-order valence-electron chi connectivity index (χ3n) is 4.40. The fraction of sp³-hybridized carbons (Fsp3) is 0.476. The van der Waals surface area contributed by atoms with Crippen LogP contribution in [0.1, 0.15) is 39.2 Å². The Bertz CT molecular complexity index is 831. The van der Waals surface area contributed by atoms with E-state index in [1.807, 2.05) is 33.8 Å². The van der Waals surface area contributed by atoms with Crippen LogP contribution in [0.2, 0.25) is 5.02 Å². The van der Waals surface area contributed by atoms with Crippen LogP contribution in [0.5, 0.6) is 0 Å². The van der Waals surface area contributed by atoms with Gasteiger partial charge >= 0.3 is 6.09 Å². The van der Waals surface area contributed by atoms with Gasteiger partial charge in [0.1, 0.15) is 17.2 Å². The third-order valence-corrected chi connectivity index (χ3v) is 4.81. The second-order valence-electron chi connectivity index (χ2n) is 8.00. The lowest BCUT2D eigenvalue weighted by atomic mass is 10.1. The molecule has 1 fully saturated rings. The molecule has 0 aromatic heterocycles. The van der Waals surface area contributed by atoms with Crippen molar-refractivity contribution in [1.29, 1.82) is 5.26 Å². The van der Waals surface area contributed by atoms with Crippen LogP contribution in [0.4, 0.5) is 10.5 Å². The summed E-state index contributed by atoms with van der Waals surface area (Å²) in [5, 5.41) is 15.6. The van der Waals surface area contributed by atoms with Crippen molar-refractivity contribution in [1.82, 2.24) is 10.2 Å². The average molecular weight is 419 g/mol. The lowest BCUT2D eigenvalue weighted by Crippen LogP contribution is -2.45. The number of rotatable bonds is 4. The van der Waals surface area contributed by atoms with Crippen LogP contribution < -0.4 is 10.6 Å². The molecule has 2 N–H and O–H groups in total. The van der Waals surface area contributed by atoms with Crippen LogP contribution in [0, 0.1) is 18.3 Å². The summed E-state index contributed by atoms with van der Waals surface area (Å²) in [5.74, 6) is -0.508. The molecule has 0 unspecified atom stereocenters. The number of hydrogen-bond acceptors (Lipinski definition) is 5. The molecule has 1 heterocycles. The smallest absolute Gasteiger partial charge is 0.410 e. The molecule has 29 heavy (non-hydrogen) atoms. The molecule has 2 amide bonds. The SMILES string of the molecule is Cc1ccc(NC(=O)/C(C#N)=C\NC2CCN(C(=O)OC(C)(C)C)CC2)cc1Cl. The van der Waals surface area contributed by atoms with Crippen molar-refractivity contribution < 1.29 is 14.3 Å². The number of carbonyl (C=O) groups is 2. The Kier molecular flexibility index (Phi) is 7.52. The van der Waals surface area contributed by atoms with Gasteiger partial charge in [0.2, 0.25) is 0 Å². The van der Waals surface area contributed by atoms with Crippen molar-refractivity contribution in [2.45, 2.75) is 52.2 Å². The molecule has 0 radical (unpaired) electrons. The van der Waals surface area contributed by atoms with Crippen LogP contribution in [-0.2, 0) is 9.53 Å². The molecule has 1 aliphatic rings. The monoisotopic (exact) mass is 418 g/mol. The number of likely N-dealkylation sites (tertiary alicyclic amines) is 1. The van der Waals surface area contributed by atoms with Gasteiger partial charge in [0, 0.05) is 36.0 Å². The van der Waals surface area contributed by atoms with Gasteiger partial charge in [0.25, 0.3) is 5.91 Å². The number of ether oxygens (including phenoxy) is 1. The Morgan fingerprint density at radius 2 is 1.97 bits per heavy atom. The van der Waals surface area contributed by atoms with Crippen molar-refractivity contribution in [3.63, 3.8) is 0 Å². The number of hydrogen-bond donors (Lipinski definition) is 2. The molecular formula is C21H27ClN4O3. The Labute approximate surface area is 176 Å². The topological polar surface area (TPSA) is 94.5 Å². The molecule has 0 atom stereocenters. The number of benzene rings is 1. The maximum atomic E-state index is 12.3. The number of piperidine rings is 1. The van der Waals surface area contributed by atoms with E-state index < -0.39 is 11.5 Å². The first kappa shape index (κ1) is 22.6. The Morgan fingerprint density at radius 3 is 2.52 bits per heavy atom. The molecule has 156 valence electrons. The third kappa shape index (κ3) is 6.99. The van der Waals surface area contributed by atoms with Crippen LogP contribution in [0.25, 0.3) is 0 Å². The summed E-state index contributed by atoms with van der Waals surface area (Å²) in [5.41, 5.74) is 0.875. The van der Waals surface area contributed by atoms with Crippen molar-refractivity contribution >= 4 is 29.3 Å². The highest BCUT2D eigenvalue weighted by atomic mass is 35.5. The van der Waals surface area contributed by atoms with Gasteiger partial charge in [-0.15, -0.1) is 0 Å². The van der Waals surface area contributed by atoms with Crippen LogP contribution >= 0.6 is 11.6 Å². The van der Waals surface area contributed by atoms with E-state index in [1.165, 1.54) is 6.20 Å². The number of carbonyl (C=O) groups excluding carboxylic acids is 2. The summed E-state index contributed by atoms with van der Waals surface area (Å²) in [6.07, 6.45) is 2.51. The van der Waals surface area contributed by atoms with Gasteiger partial charge in [-0.1, -0.05) is 17.7 Å². The zero-order valence-electron chi connectivity index (χ0n) is 17.2. The van der Waals surface area contributed by atoms with Crippen molar-refractivity contribution in [2.75, 3.05) is 18.4 Å². The predicted octanol–water partition coefficient (Wildman–Crippen LogP) is 3.98. The summed E-state index contributed by atoms with van der Waals surface area (Å²) < 4.78 is 5.38. The molecule has 1 aliphatic heterocycles. The van der Waals surface area contributed by atoms with Crippen LogP contribution in [0.3, 0.4) is 0 Å². The maximum Gasteiger partial charge on any atom is 0.410 e. The normalized spacial score (nSPS) is 15.4.